The lowest BCUT2D eigenvalue weighted by molar-refractivity contribution is 0.200. The summed E-state index contributed by atoms with van der Waals surface area (Å²) in [6, 6.07) is 12.6. The molecule has 1 unspecified atom stereocenters. The van der Waals surface area contributed by atoms with Crippen molar-refractivity contribution in [3.8, 4) is 0 Å². The van der Waals surface area contributed by atoms with Crippen LogP contribution in [0, 0.1) is 19.7 Å². The molecule has 2 rings (SSSR count). The van der Waals surface area contributed by atoms with Crippen molar-refractivity contribution < 1.29 is 9.50 Å². The number of benzene rings is 2. The minimum absolute atomic E-state index is 0.231. The average molecular weight is 290 g/mol. The number of hydrogen-bond donors (Lipinski definition) is 1. The van der Waals surface area contributed by atoms with Crippen LogP contribution in [0.2, 0.25) is 0 Å². The number of thioether (sulfide) groups is 1. The summed E-state index contributed by atoms with van der Waals surface area (Å²) in [5.41, 5.74) is 3.67. The molecule has 0 saturated heterocycles. The summed E-state index contributed by atoms with van der Waals surface area (Å²) in [5, 5.41) is 10.1. The molecule has 2 aromatic rings. The van der Waals surface area contributed by atoms with Crippen molar-refractivity contribution in [3.05, 3.63) is 65.0 Å². The summed E-state index contributed by atoms with van der Waals surface area (Å²) in [6.45, 7) is 4.17. The summed E-state index contributed by atoms with van der Waals surface area (Å²) < 4.78 is 12.8. The van der Waals surface area contributed by atoms with Gasteiger partial charge in [-0.3, -0.25) is 0 Å². The first-order valence-corrected chi connectivity index (χ1v) is 7.66. The molecular formula is C17H19FOS. The van der Waals surface area contributed by atoms with E-state index < -0.39 is 6.10 Å². The summed E-state index contributed by atoms with van der Waals surface area (Å²) in [4.78, 5) is 0.977. The van der Waals surface area contributed by atoms with Crippen LogP contribution < -0.4 is 0 Å². The van der Waals surface area contributed by atoms with Crippen molar-refractivity contribution in [3.63, 3.8) is 0 Å². The van der Waals surface area contributed by atoms with E-state index in [1.807, 2.05) is 0 Å². The third-order valence-corrected chi connectivity index (χ3v) is 4.46. The molecule has 0 saturated carbocycles. The van der Waals surface area contributed by atoms with Crippen LogP contribution in [-0.4, -0.2) is 17.0 Å². The second-order valence-corrected chi connectivity index (χ2v) is 6.13. The van der Waals surface area contributed by atoms with Crippen LogP contribution in [0.4, 0.5) is 4.39 Å². The van der Waals surface area contributed by atoms with Gasteiger partial charge in [0, 0.05) is 10.6 Å². The average Bonchev–Trinajstić information content (AvgIpc) is 2.42. The monoisotopic (exact) mass is 290 g/mol. The maximum absolute atomic E-state index is 12.8. The van der Waals surface area contributed by atoms with E-state index in [1.54, 1.807) is 23.9 Å². The molecule has 106 valence electrons. The number of hydrogen-bond acceptors (Lipinski definition) is 2. The van der Waals surface area contributed by atoms with Gasteiger partial charge in [0.15, 0.2) is 0 Å². The first-order valence-electron chi connectivity index (χ1n) is 6.67. The molecule has 0 spiro atoms. The van der Waals surface area contributed by atoms with Gasteiger partial charge in [-0.25, -0.2) is 4.39 Å². The van der Waals surface area contributed by atoms with E-state index in [4.69, 9.17) is 0 Å². The van der Waals surface area contributed by atoms with Gasteiger partial charge in [-0.05, 0) is 61.2 Å². The normalized spacial score (nSPS) is 12.4. The molecule has 0 aromatic heterocycles. The third kappa shape index (κ3) is 4.36. The molecule has 0 amide bonds. The van der Waals surface area contributed by atoms with E-state index in [-0.39, 0.29) is 5.82 Å². The van der Waals surface area contributed by atoms with Gasteiger partial charge in [0.1, 0.15) is 5.82 Å². The van der Waals surface area contributed by atoms with E-state index in [0.717, 1.165) is 10.5 Å². The summed E-state index contributed by atoms with van der Waals surface area (Å²) in [7, 11) is 0. The second-order valence-electron chi connectivity index (χ2n) is 5.04. The number of aryl methyl sites for hydroxylation is 2. The van der Waals surface area contributed by atoms with Crippen molar-refractivity contribution in [1.29, 1.82) is 0 Å². The summed E-state index contributed by atoms with van der Waals surface area (Å²) >= 11 is 1.55. The lowest BCUT2D eigenvalue weighted by Crippen LogP contribution is -2.13. The second kappa shape index (κ2) is 6.91. The van der Waals surface area contributed by atoms with Crippen LogP contribution in [-0.2, 0) is 6.42 Å². The van der Waals surface area contributed by atoms with E-state index >= 15 is 0 Å². The predicted molar refractivity (Wildman–Crippen MR) is 82.8 cm³/mol. The standard InChI is InChI=1S/C17H19FOS/c1-12-3-4-14(9-13(12)2)10-16(19)11-20-17-7-5-15(18)6-8-17/h3-9,16,19H,10-11H2,1-2H3. The maximum Gasteiger partial charge on any atom is 0.123 e. The Kier molecular flexibility index (Phi) is 5.21. The Morgan fingerprint density at radius 1 is 1.05 bits per heavy atom. The van der Waals surface area contributed by atoms with Gasteiger partial charge in [-0.1, -0.05) is 18.2 Å². The van der Waals surface area contributed by atoms with Crippen molar-refractivity contribution in [2.75, 3.05) is 5.75 Å². The predicted octanol–water partition coefficient (Wildman–Crippen LogP) is 4.14. The van der Waals surface area contributed by atoms with E-state index in [1.165, 1.54) is 23.3 Å². The molecule has 0 fully saturated rings. The van der Waals surface area contributed by atoms with Gasteiger partial charge in [0.25, 0.3) is 0 Å². The lowest BCUT2D eigenvalue weighted by atomic mass is 10.0. The highest BCUT2D eigenvalue weighted by molar-refractivity contribution is 7.99. The Morgan fingerprint density at radius 3 is 2.40 bits per heavy atom. The minimum Gasteiger partial charge on any atom is -0.392 e. The van der Waals surface area contributed by atoms with Crippen LogP contribution >= 0.6 is 11.8 Å². The fraction of sp³-hybridized carbons (Fsp3) is 0.294. The van der Waals surface area contributed by atoms with Crippen LogP contribution in [0.3, 0.4) is 0 Å². The highest BCUT2D eigenvalue weighted by Gasteiger charge is 2.07. The summed E-state index contributed by atoms with van der Waals surface area (Å²) in [5.74, 6) is 0.378. The van der Waals surface area contributed by atoms with Crippen LogP contribution in [0.1, 0.15) is 16.7 Å². The Bertz CT molecular complexity index is 566. The zero-order chi connectivity index (χ0) is 14.5. The fourth-order valence-electron chi connectivity index (χ4n) is 1.98. The molecule has 0 aliphatic heterocycles. The van der Waals surface area contributed by atoms with Gasteiger partial charge in [0.2, 0.25) is 0 Å². The van der Waals surface area contributed by atoms with Gasteiger partial charge in [0.05, 0.1) is 6.10 Å². The highest BCUT2D eigenvalue weighted by atomic mass is 32.2. The molecule has 1 N–H and O–H groups in total. The zero-order valence-corrected chi connectivity index (χ0v) is 12.6. The maximum atomic E-state index is 12.8. The SMILES string of the molecule is Cc1ccc(CC(O)CSc2ccc(F)cc2)cc1C. The Labute approximate surface area is 123 Å². The molecular weight excluding hydrogens is 271 g/mol. The zero-order valence-electron chi connectivity index (χ0n) is 11.8. The van der Waals surface area contributed by atoms with Crippen LogP contribution in [0.15, 0.2) is 47.4 Å². The topological polar surface area (TPSA) is 20.2 Å². The Hall–Kier alpha value is -1.32. The van der Waals surface area contributed by atoms with Gasteiger partial charge < -0.3 is 5.11 Å². The van der Waals surface area contributed by atoms with E-state index in [2.05, 4.69) is 32.0 Å². The Balaban J connectivity index is 1.87. The quantitative estimate of drug-likeness (QED) is 0.835. The van der Waals surface area contributed by atoms with Crippen molar-refractivity contribution >= 4 is 11.8 Å². The molecule has 0 aliphatic carbocycles. The van der Waals surface area contributed by atoms with Gasteiger partial charge in [-0.2, -0.15) is 0 Å². The van der Waals surface area contributed by atoms with E-state index in [0.29, 0.717) is 12.2 Å². The van der Waals surface area contributed by atoms with Crippen molar-refractivity contribution in [2.24, 2.45) is 0 Å². The minimum atomic E-state index is -0.396. The third-order valence-electron chi connectivity index (χ3n) is 3.30. The van der Waals surface area contributed by atoms with Gasteiger partial charge in [-0.15, -0.1) is 11.8 Å². The summed E-state index contributed by atoms with van der Waals surface area (Å²) in [6.07, 6.45) is 0.252. The largest absolute Gasteiger partial charge is 0.392 e. The first kappa shape index (κ1) is 15.1. The number of rotatable bonds is 5. The first-order chi connectivity index (χ1) is 9.54. The molecule has 1 nitrogen and oxygen atoms in total. The highest BCUT2D eigenvalue weighted by Crippen LogP contribution is 2.20. The molecule has 3 heteroatoms. The number of aliphatic hydroxyl groups is 1. The molecule has 2 aromatic carbocycles. The van der Waals surface area contributed by atoms with Crippen LogP contribution in [0.25, 0.3) is 0 Å². The molecule has 0 heterocycles. The molecule has 1 atom stereocenters. The molecule has 0 bridgehead atoms. The van der Waals surface area contributed by atoms with Crippen LogP contribution in [0.5, 0.6) is 0 Å². The fourth-order valence-corrected chi connectivity index (χ4v) is 2.82. The van der Waals surface area contributed by atoms with Crippen molar-refractivity contribution in [2.45, 2.75) is 31.3 Å². The smallest absolute Gasteiger partial charge is 0.123 e. The molecule has 20 heavy (non-hydrogen) atoms. The molecule has 0 radical (unpaired) electrons. The number of halogens is 1. The van der Waals surface area contributed by atoms with Crippen molar-refractivity contribution in [1.82, 2.24) is 0 Å². The van der Waals surface area contributed by atoms with E-state index in [9.17, 15) is 9.50 Å². The Morgan fingerprint density at radius 2 is 1.75 bits per heavy atom. The number of aliphatic hydroxyl groups excluding tert-OH is 1. The molecule has 0 aliphatic rings. The lowest BCUT2D eigenvalue weighted by Gasteiger charge is -2.11. The van der Waals surface area contributed by atoms with Gasteiger partial charge >= 0.3 is 0 Å².